The minimum atomic E-state index is -0.120. The van der Waals surface area contributed by atoms with Gasteiger partial charge in [0.15, 0.2) is 0 Å². The van der Waals surface area contributed by atoms with Crippen molar-refractivity contribution >= 4 is 17.7 Å². The van der Waals surface area contributed by atoms with Gasteiger partial charge in [-0.25, -0.2) is 10.8 Å². The third kappa shape index (κ3) is 5.19. The molecule has 1 aromatic rings. The predicted molar refractivity (Wildman–Crippen MR) is 70.6 cm³/mol. The monoisotopic (exact) mass is 253 g/mol. The Balaban J connectivity index is 2.50. The van der Waals surface area contributed by atoms with Crippen molar-refractivity contribution in [3.05, 3.63) is 23.4 Å². The van der Waals surface area contributed by atoms with Crippen molar-refractivity contribution in [1.29, 1.82) is 0 Å². The van der Waals surface area contributed by atoms with Crippen molar-refractivity contribution in [2.24, 2.45) is 5.84 Å². The zero-order valence-corrected chi connectivity index (χ0v) is 11.3. The molecule has 3 N–H and O–H groups in total. The summed E-state index contributed by atoms with van der Waals surface area (Å²) in [4.78, 5) is 15.5. The topological polar surface area (TPSA) is 68.0 Å². The van der Waals surface area contributed by atoms with Crippen LogP contribution in [0.25, 0.3) is 0 Å². The number of hydrogen-bond acceptors (Lipinski definition) is 4. The number of carbonyl (C=O) groups excluding carboxylic acids is 1. The summed E-state index contributed by atoms with van der Waals surface area (Å²) in [6.07, 6.45) is 1.25. The maximum absolute atomic E-state index is 11.0. The van der Waals surface area contributed by atoms with Gasteiger partial charge in [-0.05, 0) is 38.0 Å². The molecule has 1 aromatic heterocycles. The molecule has 0 fully saturated rings. The molecule has 0 aliphatic heterocycles. The second kappa shape index (κ2) is 6.61. The van der Waals surface area contributed by atoms with Crippen molar-refractivity contribution in [3.63, 3.8) is 0 Å². The highest BCUT2D eigenvalue weighted by Crippen LogP contribution is 2.25. The van der Waals surface area contributed by atoms with Crippen LogP contribution in [0.2, 0.25) is 0 Å². The average molecular weight is 253 g/mol. The fourth-order valence-corrected chi connectivity index (χ4v) is 2.63. The fourth-order valence-electron chi connectivity index (χ4n) is 1.54. The Bertz CT molecular complexity index is 375. The van der Waals surface area contributed by atoms with E-state index in [1.807, 2.05) is 6.92 Å². The lowest BCUT2D eigenvalue weighted by molar-refractivity contribution is -0.121. The van der Waals surface area contributed by atoms with E-state index < -0.39 is 0 Å². The normalized spacial score (nSPS) is 12.2. The van der Waals surface area contributed by atoms with Gasteiger partial charge in [0.25, 0.3) is 0 Å². The van der Waals surface area contributed by atoms with Crippen molar-refractivity contribution in [3.8, 4) is 0 Å². The van der Waals surface area contributed by atoms with Crippen LogP contribution in [0.5, 0.6) is 0 Å². The van der Waals surface area contributed by atoms with Crippen LogP contribution in [0.15, 0.2) is 17.2 Å². The highest BCUT2D eigenvalue weighted by molar-refractivity contribution is 7.99. The van der Waals surface area contributed by atoms with Crippen LogP contribution in [0, 0.1) is 13.8 Å². The molecule has 1 rings (SSSR count). The van der Waals surface area contributed by atoms with Gasteiger partial charge in [0.1, 0.15) is 0 Å². The number of hydrazine groups is 1. The number of carbonyl (C=O) groups is 1. The molecule has 17 heavy (non-hydrogen) atoms. The number of aromatic nitrogens is 1. The zero-order valence-electron chi connectivity index (χ0n) is 10.5. The fraction of sp³-hybridized carbons (Fsp3) is 0.500. The molecule has 1 amide bonds. The smallest absolute Gasteiger partial charge is 0.233 e. The standard InChI is InChI=1S/C12H19N3OS/c1-8-6-9(2)14-12(7-8)17-10(3)4-5-11(16)15-13/h6-7,10H,4-5,13H2,1-3H3,(H,15,16). The van der Waals surface area contributed by atoms with Gasteiger partial charge in [0.2, 0.25) is 5.91 Å². The van der Waals surface area contributed by atoms with E-state index in [1.165, 1.54) is 5.56 Å². The van der Waals surface area contributed by atoms with Crippen LogP contribution in [-0.2, 0) is 4.79 Å². The summed E-state index contributed by atoms with van der Waals surface area (Å²) < 4.78 is 0. The van der Waals surface area contributed by atoms with Gasteiger partial charge in [0.05, 0.1) is 5.03 Å². The van der Waals surface area contributed by atoms with Crippen LogP contribution in [0.3, 0.4) is 0 Å². The van der Waals surface area contributed by atoms with E-state index >= 15 is 0 Å². The third-order valence-electron chi connectivity index (χ3n) is 2.34. The van der Waals surface area contributed by atoms with Crippen LogP contribution < -0.4 is 11.3 Å². The van der Waals surface area contributed by atoms with E-state index in [0.717, 1.165) is 17.1 Å². The molecule has 0 radical (unpaired) electrons. The molecule has 0 aliphatic carbocycles. The summed E-state index contributed by atoms with van der Waals surface area (Å²) in [6, 6.07) is 4.12. The van der Waals surface area contributed by atoms with Gasteiger partial charge in [0, 0.05) is 17.4 Å². The van der Waals surface area contributed by atoms with Gasteiger partial charge in [-0.1, -0.05) is 6.92 Å². The van der Waals surface area contributed by atoms with Gasteiger partial charge in [-0.3, -0.25) is 10.2 Å². The first kappa shape index (κ1) is 14.0. The SMILES string of the molecule is Cc1cc(C)nc(SC(C)CCC(=O)NN)c1. The number of nitrogens with two attached hydrogens (primary N) is 1. The number of amides is 1. The summed E-state index contributed by atoms with van der Waals surface area (Å²) in [5, 5.41) is 1.36. The highest BCUT2D eigenvalue weighted by atomic mass is 32.2. The first-order valence-corrected chi connectivity index (χ1v) is 6.50. The molecule has 0 spiro atoms. The van der Waals surface area contributed by atoms with Crippen LogP contribution in [-0.4, -0.2) is 16.1 Å². The Hall–Kier alpha value is -1.07. The van der Waals surface area contributed by atoms with E-state index in [0.29, 0.717) is 11.7 Å². The first-order chi connectivity index (χ1) is 8.01. The summed E-state index contributed by atoms with van der Waals surface area (Å²) >= 11 is 1.69. The van der Waals surface area contributed by atoms with Gasteiger partial charge >= 0.3 is 0 Å². The second-order valence-electron chi connectivity index (χ2n) is 4.16. The molecule has 1 atom stereocenters. The predicted octanol–water partition coefficient (Wildman–Crippen LogP) is 1.95. The summed E-state index contributed by atoms with van der Waals surface area (Å²) in [5.41, 5.74) is 4.38. The van der Waals surface area contributed by atoms with Crippen molar-refractivity contribution in [2.45, 2.75) is 43.9 Å². The molecule has 0 aromatic carbocycles. The highest BCUT2D eigenvalue weighted by Gasteiger charge is 2.08. The molecule has 0 aliphatic rings. The molecule has 5 heteroatoms. The summed E-state index contributed by atoms with van der Waals surface area (Å²) in [5.74, 6) is 4.91. The summed E-state index contributed by atoms with van der Waals surface area (Å²) in [6.45, 7) is 6.14. The quantitative estimate of drug-likeness (QED) is 0.364. The number of nitrogens with zero attached hydrogens (tertiary/aromatic N) is 1. The number of aryl methyl sites for hydroxylation is 2. The molecule has 4 nitrogen and oxygen atoms in total. The Morgan fingerprint density at radius 3 is 2.82 bits per heavy atom. The molecule has 94 valence electrons. The lowest BCUT2D eigenvalue weighted by Gasteiger charge is -2.10. The summed E-state index contributed by atoms with van der Waals surface area (Å²) in [7, 11) is 0. The Morgan fingerprint density at radius 1 is 1.53 bits per heavy atom. The van der Waals surface area contributed by atoms with E-state index in [-0.39, 0.29) is 5.91 Å². The van der Waals surface area contributed by atoms with E-state index in [2.05, 4.69) is 36.4 Å². The number of thioether (sulfide) groups is 1. The number of rotatable bonds is 5. The Morgan fingerprint density at radius 2 is 2.24 bits per heavy atom. The van der Waals surface area contributed by atoms with Crippen molar-refractivity contribution < 1.29 is 4.79 Å². The second-order valence-corrected chi connectivity index (χ2v) is 5.62. The molecule has 0 bridgehead atoms. The van der Waals surface area contributed by atoms with Gasteiger partial charge in [-0.2, -0.15) is 0 Å². The largest absolute Gasteiger partial charge is 0.294 e. The number of pyridine rings is 1. The minimum Gasteiger partial charge on any atom is -0.294 e. The Labute approximate surface area is 106 Å². The molecule has 1 unspecified atom stereocenters. The van der Waals surface area contributed by atoms with Crippen LogP contribution in [0.4, 0.5) is 0 Å². The van der Waals surface area contributed by atoms with Crippen molar-refractivity contribution in [2.75, 3.05) is 0 Å². The number of hydrogen-bond donors (Lipinski definition) is 2. The maximum atomic E-state index is 11.0. The van der Waals surface area contributed by atoms with E-state index in [1.54, 1.807) is 11.8 Å². The molecule has 0 saturated heterocycles. The molecular formula is C12H19N3OS. The van der Waals surface area contributed by atoms with Crippen LogP contribution >= 0.6 is 11.8 Å². The first-order valence-electron chi connectivity index (χ1n) is 5.62. The third-order valence-corrected chi connectivity index (χ3v) is 3.42. The maximum Gasteiger partial charge on any atom is 0.233 e. The minimum absolute atomic E-state index is 0.120. The van der Waals surface area contributed by atoms with Gasteiger partial charge in [-0.15, -0.1) is 11.8 Å². The molecule has 0 saturated carbocycles. The van der Waals surface area contributed by atoms with E-state index in [9.17, 15) is 4.79 Å². The number of nitrogens with one attached hydrogen (secondary N) is 1. The average Bonchev–Trinajstić information content (AvgIpc) is 2.24. The Kier molecular flexibility index (Phi) is 5.44. The van der Waals surface area contributed by atoms with Gasteiger partial charge < -0.3 is 0 Å². The van der Waals surface area contributed by atoms with Crippen molar-refractivity contribution in [1.82, 2.24) is 10.4 Å². The molecular weight excluding hydrogens is 234 g/mol. The lowest BCUT2D eigenvalue weighted by Crippen LogP contribution is -2.30. The van der Waals surface area contributed by atoms with E-state index in [4.69, 9.17) is 5.84 Å². The molecule has 1 heterocycles. The van der Waals surface area contributed by atoms with Crippen LogP contribution in [0.1, 0.15) is 31.0 Å². The lowest BCUT2D eigenvalue weighted by atomic mass is 10.2. The zero-order chi connectivity index (χ0) is 12.8.